The molecular weight excluding hydrogens is 164 g/mol. The molecule has 0 aromatic carbocycles. The molecule has 2 atom stereocenters. The Kier molecular flexibility index (Phi) is 1.98. The van der Waals surface area contributed by atoms with Crippen molar-refractivity contribution in [2.45, 2.75) is 20.3 Å². The largest absolute Gasteiger partial charge is 0.461 e. The van der Waals surface area contributed by atoms with E-state index in [1.54, 1.807) is 0 Å². The van der Waals surface area contributed by atoms with Gasteiger partial charge in [0.25, 0.3) is 0 Å². The maximum atomic E-state index is 10.7. The Bertz CT molecular complexity index is 299. The number of ether oxygens (including phenoxy) is 1. The molecule has 2 unspecified atom stereocenters. The van der Waals surface area contributed by atoms with Gasteiger partial charge in [-0.25, -0.2) is 0 Å². The van der Waals surface area contributed by atoms with Crippen LogP contribution in [-0.4, -0.2) is 12.6 Å². The smallest absolute Gasteiger partial charge is 0.302 e. The highest BCUT2D eigenvalue weighted by Crippen LogP contribution is 2.43. The van der Waals surface area contributed by atoms with E-state index >= 15 is 0 Å². The van der Waals surface area contributed by atoms with Gasteiger partial charge in [-0.15, -0.1) is 0 Å². The second-order valence-corrected chi connectivity index (χ2v) is 3.82. The molecule has 0 aliphatic heterocycles. The average Bonchev–Trinajstić information content (AvgIpc) is 2.61. The summed E-state index contributed by atoms with van der Waals surface area (Å²) in [6.07, 6.45) is 5.69. The molecule has 0 N–H and O–H groups in total. The summed E-state index contributed by atoms with van der Waals surface area (Å²) >= 11 is 0. The molecule has 0 saturated carbocycles. The molecule has 2 nitrogen and oxygen atoms in total. The molecule has 0 aromatic rings. The Hall–Kier alpha value is -1.05. The van der Waals surface area contributed by atoms with Crippen LogP contribution in [0.4, 0.5) is 0 Å². The van der Waals surface area contributed by atoms with Crippen molar-refractivity contribution in [1.29, 1.82) is 0 Å². The first-order valence-electron chi connectivity index (χ1n) is 4.69. The zero-order valence-corrected chi connectivity index (χ0v) is 8.04. The highest BCUT2D eigenvalue weighted by Gasteiger charge is 2.32. The number of esters is 1. The van der Waals surface area contributed by atoms with E-state index < -0.39 is 0 Å². The number of fused-ring (bicyclic) bond motifs is 2. The third kappa shape index (κ3) is 1.41. The summed E-state index contributed by atoms with van der Waals surface area (Å²) in [5.74, 6) is 0.979. The highest BCUT2D eigenvalue weighted by molar-refractivity contribution is 5.66. The summed E-state index contributed by atoms with van der Waals surface area (Å²) in [6, 6.07) is 0. The van der Waals surface area contributed by atoms with E-state index in [1.807, 2.05) is 0 Å². The van der Waals surface area contributed by atoms with Crippen LogP contribution in [0.5, 0.6) is 0 Å². The first-order chi connectivity index (χ1) is 6.18. The van der Waals surface area contributed by atoms with Gasteiger partial charge in [0.1, 0.15) is 6.61 Å². The number of carbonyl (C=O) groups is 1. The summed E-state index contributed by atoms with van der Waals surface area (Å²) < 4.78 is 5.02. The van der Waals surface area contributed by atoms with Crippen LogP contribution >= 0.6 is 0 Å². The van der Waals surface area contributed by atoms with Crippen molar-refractivity contribution in [1.82, 2.24) is 0 Å². The Morgan fingerprint density at radius 1 is 1.54 bits per heavy atom. The van der Waals surface area contributed by atoms with Gasteiger partial charge in [0, 0.05) is 12.8 Å². The second-order valence-electron chi connectivity index (χ2n) is 3.82. The van der Waals surface area contributed by atoms with Gasteiger partial charge in [-0.05, 0) is 24.8 Å². The van der Waals surface area contributed by atoms with E-state index in [2.05, 4.69) is 19.1 Å². The van der Waals surface area contributed by atoms with Gasteiger partial charge in [0.15, 0.2) is 0 Å². The van der Waals surface area contributed by atoms with Crippen LogP contribution in [0.2, 0.25) is 0 Å². The molecule has 0 heterocycles. The lowest BCUT2D eigenvalue weighted by molar-refractivity contribution is -0.140. The lowest BCUT2D eigenvalue weighted by Crippen LogP contribution is -2.08. The van der Waals surface area contributed by atoms with Gasteiger partial charge in [-0.2, -0.15) is 0 Å². The van der Waals surface area contributed by atoms with Crippen molar-refractivity contribution >= 4 is 5.97 Å². The summed E-state index contributed by atoms with van der Waals surface area (Å²) in [4.78, 5) is 10.7. The van der Waals surface area contributed by atoms with Crippen LogP contribution in [0.3, 0.4) is 0 Å². The zero-order chi connectivity index (χ0) is 9.42. The fourth-order valence-electron chi connectivity index (χ4n) is 2.21. The quantitative estimate of drug-likeness (QED) is 0.478. The fraction of sp³-hybridized carbons (Fsp3) is 0.545. The molecule has 2 bridgehead atoms. The summed E-state index contributed by atoms with van der Waals surface area (Å²) in [5, 5.41) is 0. The lowest BCUT2D eigenvalue weighted by Gasteiger charge is -2.12. The topological polar surface area (TPSA) is 26.3 Å². The molecule has 2 aliphatic carbocycles. The van der Waals surface area contributed by atoms with Crippen LogP contribution in [0.1, 0.15) is 20.3 Å². The van der Waals surface area contributed by atoms with Crippen LogP contribution in [-0.2, 0) is 9.53 Å². The van der Waals surface area contributed by atoms with Crippen LogP contribution in [0, 0.1) is 11.8 Å². The molecule has 2 heteroatoms. The van der Waals surface area contributed by atoms with Crippen molar-refractivity contribution in [2.24, 2.45) is 11.8 Å². The molecular formula is C11H14O2. The van der Waals surface area contributed by atoms with E-state index in [1.165, 1.54) is 24.5 Å². The van der Waals surface area contributed by atoms with Gasteiger partial charge in [-0.1, -0.05) is 17.7 Å². The Morgan fingerprint density at radius 2 is 2.23 bits per heavy atom. The Labute approximate surface area is 78.3 Å². The fourth-order valence-corrected chi connectivity index (χ4v) is 2.21. The second kappa shape index (κ2) is 3.02. The molecule has 70 valence electrons. The first kappa shape index (κ1) is 8.54. The number of allylic oxidation sites excluding steroid dienone is 3. The average molecular weight is 178 g/mol. The van der Waals surface area contributed by atoms with Crippen molar-refractivity contribution in [3.63, 3.8) is 0 Å². The first-order valence-corrected chi connectivity index (χ1v) is 4.69. The number of hydrogen-bond donors (Lipinski definition) is 0. The van der Waals surface area contributed by atoms with E-state index in [0.717, 1.165) is 0 Å². The molecule has 0 fully saturated rings. The lowest BCUT2D eigenvalue weighted by atomic mass is 9.99. The molecule has 2 aliphatic rings. The predicted octanol–water partition coefficient (Wildman–Crippen LogP) is 2.07. The van der Waals surface area contributed by atoms with Crippen molar-refractivity contribution in [3.8, 4) is 0 Å². The van der Waals surface area contributed by atoms with Gasteiger partial charge in [0.05, 0.1) is 0 Å². The van der Waals surface area contributed by atoms with Crippen LogP contribution in [0.25, 0.3) is 0 Å². The third-order valence-electron chi connectivity index (χ3n) is 3.02. The van der Waals surface area contributed by atoms with Crippen molar-refractivity contribution in [2.75, 3.05) is 6.61 Å². The minimum Gasteiger partial charge on any atom is -0.461 e. The third-order valence-corrected chi connectivity index (χ3v) is 3.02. The minimum absolute atomic E-state index is 0.188. The van der Waals surface area contributed by atoms with Crippen LogP contribution in [0.15, 0.2) is 23.3 Å². The van der Waals surface area contributed by atoms with Gasteiger partial charge in [0.2, 0.25) is 0 Å². The molecule has 0 saturated heterocycles. The Morgan fingerprint density at radius 3 is 2.77 bits per heavy atom. The monoisotopic (exact) mass is 178 g/mol. The molecule has 2 rings (SSSR count). The predicted molar refractivity (Wildman–Crippen MR) is 50.1 cm³/mol. The van der Waals surface area contributed by atoms with Gasteiger partial charge >= 0.3 is 5.97 Å². The number of hydrogen-bond acceptors (Lipinski definition) is 2. The molecule has 0 spiro atoms. The van der Waals surface area contributed by atoms with Gasteiger partial charge < -0.3 is 4.74 Å². The normalized spacial score (nSPS) is 30.0. The summed E-state index contributed by atoms with van der Waals surface area (Å²) in [7, 11) is 0. The minimum atomic E-state index is -0.188. The highest BCUT2D eigenvalue weighted by atomic mass is 16.5. The maximum Gasteiger partial charge on any atom is 0.302 e. The van der Waals surface area contributed by atoms with Crippen molar-refractivity contribution < 1.29 is 9.53 Å². The number of carbonyl (C=O) groups excluding carboxylic acids is 1. The SMILES string of the molecule is CC(=O)OCC1=C(C)C2C=CC1C2. The standard InChI is InChI=1S/C11H14O2/c1-7-9-3-4-10(5-9)11(7)6-13-8(2)12/h3-4,9-10H,5-6H2,1-2H3. The number of rotatable bonds is 2. The Balaban J connectivity index is 2.04. The van der Waals surface area contributed by atoms with E-state index in [-0.39, 0.29) is 5.97 Å². The van der Waals surface area contributed by atoms with E-state index in [0.29, 0.717) is 18.4 Å². The summed E-state index contributed by atoms with van der Waals surface area (Å²) in [5.41, 5.74) is 2.73. The molecule has 0 aromatic heterocycles. The summed E-state index contributed by atoms with van der Waals surface area (Å²) in [6.45, 7) is 4.10. The van der Waals surface area contributed by atoms with E-state index in [9.17, 15) is 4.79 Å². The molecule has 0 radical (unpaired) electrons. The molecule has 0 amide bonds. The van der Waals surface area contributed by atoms with Crippen LogP contribution < -0.4 is 0 Å². The molecule has 13 heavy (non-hydrogen) atoms. The van der Waals surface area contributed by atoms with E-state index in [4.69, 9.17) is 4.74 Å². The van der Waals surface area contributed by atoms with Crippen molar-refractivity contribution in [3.05, 3.63) is 23.3 Å². The zero-order valence-electron chi connectivity index (χ0n) is 8.04. The van der Waals surface area contributed by atoms with Gasteiger partial charge in [-0.3, -0.25) is 4.79 Å². The maximum absolute atomic E-state index is 10.7.